The number of hydrogen-bond acceptors (Lipinski definition) is 4. The Hall–Kier alpha value is -2.83. The largest absolute Gasteiger partial charge is 0.573 e. The molecule has 0 aromatic heterocycles. The van der Waals surface area contributed by atoms with Gasteiger partial charge < -0.3 is 9.47 Å². The van der Waals surface area contributed by atoms with Crippen molar-refractivity contribution in [3.63, 3.8) is 0 Å². The Morgan fingerprint density at radius 2 is 1.71 bits per heavy atom. The lowest BCUT2D eigenvalue weighted by Gasteiger charge is -2.10. The van der Waals surface area contributed by atoms with E-state index in [2.05, 4.69) is 4.74 Å². The van der Waals surface area contributed by atoms with E-state index in [1.807, 2.05) is 0 Å². The van der Waals surface area contributed by atoms with E-state index in [1.165, 1.54) is 25.3 Å². The van der Waals surface area contributed by atoms with Gasteiger partial charge in [-0.1, -0.05) is 24.3 Å². The number of methoxy groups -OCH3 is 1. The van der Waals surface area contributed by atoms with E-state index in [0.717, 1.165) is 12.1 Å². The molecule has 0 atom stereocenters. The summed E-state index contributed by atoms with van der Waals surface area (Å²) in [6, 6.07) is 11.0. The van der Waals surface area contributed by atoms with Crippen LogP contribution in [-0.4, -0.2) is 25.0 Å². The molecule has 0 saturated carbocycles. The Bertz CT molecular complexity index is 753. The molecule has 2 aromatic rings. The lowest BCUT2D eigenvalue weighted by Crippen LogP contribution is -2.17. The predicted octanol–water partition coefficient (Wildman–Crippen LogP) is 4.05. The van der Waals surface area contributed by atoms with Crippen molar-refractivity contribution in [3.8, 4) is 11.5 Å². The average Bonchev–Trinajstić information content (AvgIpc) is 2.53. The minimum absolute atomic E-state index is 0.0417. The molecule has 2 rings (SSSR count). The SMILES string of the molecule is COc1ccccc1C(=O)CC(=O)c1cccc(OC(F)(F)F)c1. The third-order valence-electron chi connectivity index (χ3n) is 3.12. The highest BCUT2D eigenvalue weighted by Crippen LogP contribution is 2.24. The number of halogens is 3. The molecule has 0 spiro atoms. The van der Waals surface area contributed by atoms with Gasteiger partial charge in [0, 0.05) is 5.56 Å². The van der Waals surface area contributed by atoms with Gasteiger partial charge in [0.2, 0.25) is 0 Å². The molecule has 0 unspecified atom stereocenters. The van der Waals surface area contributed by atoms with Crippen molar-refractivity contribution in [1.29, 1.82) is 0 Å². The van der Waals surface area contributed by atoms with Crippen LogP contribution >= 0.6 is 0 Å². The van der Waals surface area contributed by atoms with E-state index < -0.39 is 30.1 Å². The van der Waals surface area contributed by atoms with Crippen molar-refractivity contribution in [3.05, 3.63) is 59.7 Å². The summed E-state index contributed by atoms with van der Waals surface area (Å²) in [7, 11) is 1.39. The van der Waals surface area contributed by atoms with Gasteiger partial charge in [0.05, 0.1) is 19.1 Å². The molecule has 0 radical (unpaired) electrons. The van der Waals surface area contributed by atoms with E-state index in [-0.39, 0.29) is 11.1 Å². The van der Waals surface area contributed by atoms with Crippen LogP contribution in [0.4, 0.5) is 13.2 Å². The Morgan fingerprint density at radius 3 is 2.38 bits per heavy atom. The zero-order chi connectivity index (χ0) is 17.7. The van der Waals surface area contributed by atoms with Gasteiger partial charge >= 0.3 is 6.36 Å². The molecule has 7 heteroatoms. The van der Waals surface area contributed by atoms with E-state index >= 15 is 0 Å². The minimum Gasteiger partial charge on any atom is -0.496 e. The summed E-state index contributed by atoms with van der Waals surface area (Å²) in [5.41, 5.74) is 0.191. The zero-order valence-electron chi connectivity index (χ0n) is 12.6. The van der Waals surface area contributed by atoms with Crippen molar-refractivity contribution in [2.24, 2.45) is 0 Å². The summed E-state index contributed by atoms with van der Waals surface area (Å²) < 4.78 is 45.5. The highest BCUT2D eigenvalue weighted by Gasteiger charge is 2.31. The standard InChI is InChI=1S/C17H13F3O4/c1-23-16-8-3-2-7-13(16)15(22)10-14(21)11-5-4-6-12(9-11)24-17(18,19)20/h2-9H,10H2,1H3. The molecule has 0 saturated heterocycles. The summed E-state index contributed by atoms with van der Waals surface area (Å²) in [5, 5.41) is 0. The Labute approximate surface area is 135 Å². The third-order valence-corrected chi connectivity index (χ3v) is 3.12. The summed E-state index contributed by atoms with van der Waals surface area (Å²) in [6.45, 7) is 0. The molecule has 0 amide bonds. The number of ether oxygens (including phenoxy) is 2. The number of alkyl halides is 3. The quantitative estimate of drug-likeness (QED) is 0.589. The maximum absolute atomic E-state index is 12.2. The Morgan fingerprint density at radius 1 is 1.00 bits per heavy atom. The second-order valence-corrected chi connectivity index (χ2v) is 4.80. The van der Waals surface area contributed by atoms with E-state index in [1.54, 1.807) is 18.2 Å². The maximum atomic E-state index is 12.2. The third kappa shape index (κ3) is 4.58. The van der Waals surface area contributed by atoms with E-state index in [0.29, 0.717) is 5.75 Å². The van der Waals surface area contributed by atoms with E-state index in [4.69, 9.17) is 4.74 Å². The fourth-order valence-electron chi connectivity index (χ4n) is 2.08. The summed E-state index contributed by atoms with van der Waals surface area (Å²) in [6.07, 6.45) is -5.34. The molecule has 4 nitrogen and oxygen atoms in total. The van der Waals surface area contributed by atoms with Crippen LogP contribution in [0.3, 0.4) is 0 Å². The van der Waals surface area contributed by atoms with Crippen LogP contribution < -0.4 is 9.47 Å². The normalized spacial score (nSPS) is 11.0. The first kappa shape index (κ1) is 17.5. The Kier molecular flexibility index (Phi) is 5.23. The van der Waals surface area contributed by atoms with Crippen molar-refractivity contribution < 1.29 is 32.2 Å². The van der Waals surface area contributed by atoms with Crippen LogP contribution in [-0.2, 0) is 0 Å². The number of Topliss-reactive ketones (excluding diaryl/α,β-unsaturated/α-hetero) is 2. The fraction of sp³-hybridized carbons (Fsp3) is 0.176. The van der Waals surface area contributed by atoms with Gasteiger partial charge in [-0.15, -0.1) is 13.2 Å². The van der Waals surface area contributed by atoms with Crippen LogP contribution in [0.25, 0.3) is 0 Å². The molecular weight excluding hydrogens is 325 g/mol. The van der Waals surface area contributed by atoms with E-state index in [9.17, 15) is 22.8 Å². The smallest absolute Gasteiger partial charge is 0.496 e. The molecule has 126 valence electrons. The van der Waals surface area contributed by atoms with Crippen LogP contribution in [0.1, 0.15) is 27.1 Å². The van der Waals surface area contributed by atoms with Gasteiger partial charge in [0.15, 0.2) is 11.6 Å². The van der Waals surface area contributed by atoms with Crippen molar-refractivity contribution >= 4 is 11.6 Å². The topological polar surface area (TPSA) is 52.6 Å². The molecule has 0 bridgehead atoms. The molecule has 0 aliphatic heterocycles. The minimum atomic E-state index is -4.85. The lowest BCUT2D eigenvalue weighted by atomic mass is 10.0. The second-order valence-electron chi connectivity index (χ2n) is 4.80. The highest BCUT2D eigenvalue weighted by molar-refractivity contribution is 6.14. The number of carbonyl (C=O) groups is 2. The zero-order valence-corrected chi connectivity index (χ0v) is 12.6. The number of ketones is 2. The molecule has 0 fully saturated rings. The molecule has 24 heavy (non-hydrogen) atoms. The summed E-state index contributed by atoms with van der Waals surface area (Å²) >= 11 is 0. The molecule has 0 heterocycles. The summed E-state index contributed by atoms with van der Waals surface area (Å²) in [4.78, 5) is 24.4. The molecule has 2 aromatic carbocycles. The number of hydrogen-bond donors (Lipinski definition) is 0. The molecule has 0 aliphatic rings. The predicted molar refractivity (Wildman–Crippen MR) is 79.4 cm³/mol. The van der Waals surface area contributed by atoms with Gasteiger partial charge in [-0.3, -0.25) is 9.59 Å². The maximum Gasteiger partial charge on any atom is 0.573 e. The summed E-state index contributed by atoms with van der Waals surface area (Å²) in [5.74, 6) is -1.29. The molecular formula is C17H13F3O4. The van der Waals surface area contributed by atoms with Crippen LogP contribution in [0, 0.1) is 0 Å². The number of para-hydroxylation sites is 1. The molecule has 0 N–H and O–H groups in total. The Balaban J connectivity index is 2.15. The first-order valence-corrected chi connectivity index (χ1v) is 6.85. The highest BCUT2D eigenvalue weighted by atomic mass is 19.4. The monoisotopic (exact) mass is 338 g/mol. The van der Waals surface area contributed by atoms with Crippen LogP contribution in [0.5, 0.6) is 11.5 Å². The molecule has 0 aliphatic carbocycles. The van der Waals surface area contributed by atoms with Gasteiger partial charge in [-0.05, 0) is 24.3 Å². The fourth-order valence-corrected chi connectivity index (χ4v) is 2.08. The first-order chi connectivity index (χ1) is 11.3. The average molecular weight is 338 g/mol. The van der Waals surface area contributed by atoms with Crippen molar-refractivity contribution in [2.75, 3.05) is 7.11 Å². The number of benzene rings is 2. The number of carbonyl (C=O) groups excluding carboxylic acids is 2. The van der Waals surface area contributed by atoms with Gasteiger partial charge in [-0.25, -0.2) is 0 Å². The van der Waals surface area contributed by atoms with Gasteiger partial charge in [0.1, 0.15) is 11.5 Å². The second kappa shape index (κ2) is 7.16. The van der Waals surface area contributed by atoms with Crippen LogP contribution in [0.2, 0.25) is 0 Å². The lowest BCUT2D eigenvalue weighted by molar-refractivity contribution is -0.274. The van der Waals surface area contributed by atoms with Crippen molar-refractivity contribution in [2.45, 2.75) is 12.8 Å². The van der Waals surface area contributed by atoms with Gasteiger partial charge in [-0.2, -0.15) is 0 Å². The number of rotatable bonds is 6. The first-order valence-electron chi connectivity index (χ1n) is 6.85. The van der Waals surface area contributed by atoms with Crippen molar-refractivity contribution in [1.82, 2.24) is 0 Å². The van der Waals surface area contributed by atoms with Crippen LogP contribution in [0.15, 0.2) is 48.5 Å². The van der Waals surface area contributed by atoms with Gasteiger partial charge in [0.25, 0.3) is 0 Å².